The Morgan fingerprint density at radius 2 is 2.04 bits per heavy atom. The lowest BCUT2D eigenvalue weighted by Gasteiger charge is -2.15. The standard InChI is InChI=1S/C15H15Cl2N3O3S.ClH/c16-10-2-1-3-12(13(10)17)24(22,23)9-6-11(19-7-9)14(21)20-15(8-18)4-5-15;/h1-3,9,11,19H,4-7H2,(H,20,21);1H/t9-,11+;/m1./s1. The van der Waals surface area contributed by atoms with Crippen LogP contribution in [0.3, 0.4) is 0 Å². The third-order valence-electron chi connectivity index (χ3n) is 4.40. The van der Waals surface area contributed by atoms with Crippen molar-refractivity contribution in [3.8, 4) is 6.07 Å². The van der Waals surface area contributed by atoms with Crippen LogP contribution in [0.2, 0.25) is 10.0 Å². The van der Waals surface area contributed by atoms with Crippen LogP contribution in [-0.2, 0) is 14.6 Å². The number of amides is 1. The lowest BCUT2D eigenvalue weighted by molar-refractivity contribution is -0.123. The molecule has 10 heteroatoms. The van der Waals surface area contributed by atoms with E-state index in [2.05, 4.69) is 16.7 Å². The molecule has 0 spiro atoms. The molecule has 0 aromatic heterocycles. The number of sulfone groups is 1. The van der Waals surface area contributed by atoms with Gasteiger partial charge >= 0.3 is 0 Å². The summed E-state index contributed by atoms with van der Waals surface area (Å²) >= 11 is 11.9. The Morgan fingerprint density at radius 3 is 2.64 bits per heavy atom. The molecule has 1 aliphatic carbocycles. The first-order valence-electron chi connectivity index (χ1n) is 7.44. The molecular formula is C15H16Cl3N3O3S. The Balaban J connectivity index is 0.00000225. The highest BCUT2D eigenvalue weighted by Crippen LogP contribution is 2.35. The molecule has 2 N–H and O–H groups in total. The maximum atomic E-state index is 12.8. The predicted molar refractivity (Wildman–Crippen MR) is 96.8 cm³/mol. The van der Waals surface area contributed by atoms with Gasteiger partial charge in [0.15, 0.2) is 9.84 Å². The lowest BCUT2D eigenvalue weighted by Crippen LogP contribution is -2.45. The normalized spacial score (nSPS) is 24.0. The quantitative estimate of drug-likeness (QED) is 0.771. The van der Waals surface area contributed by atoms with Gasteiger partial charge in [0.1, 0.15) is 5.54 Å². The molecule has 6 nitrogen and oxygen atoms in total. The molecular weight excluding hydrogens is 409 g/mol. The molecule has 1 aliphatic heterocycles. The molecule has 1 aromatic carbocycles. The van der Waals surface area contributed by atoms with E-state index in [9.17, 15) is 13.2 Å². The highest BCUT2D eigenvalue weighted by atomic mass is 35.5. The van der Waals surface area contributed by atoms with Crippen LogP contribution in [0.1, 0.15) is 19.3 Å². The minimum Gasteiger partial charge on any atom is -0.336 e. The minimum absolute atomic E-state index is 0. The van der Waals surface area contributed by atoms with Crippen LogP contribution in [-0.4, -0.2) is 37.7 Å². The van der Waals surface area contributed by atoms with Crippen molar-refractivity contribution in [3.63, 3.8) is 0 Å². The Kier molecular flexibility index (Phi) is 5.92. The molecule has 2 aliphatic rings. The number of rotatable bonds is 4. The summed E-state index contributed by atoms with van der Waals surface area (Å²) in [7, 11) is -3.72. The van der Waals surface area contributed by atoms with Crippen molar-refractivity contribution < 1.29 is 13.2 Å². The lowest BCUT2D eigenvalue weighted by atomic mass is 10.2. The molecule has 1 saturated heterocycles. The summed E-state index contributed by atoms with van der Waals surface area (Å²) in [6.45, 7) is 0.142. The largest absolute Gasteiger partial charge is 0.336 e. The zero-order chi connectivity index (χ0) is 17.5. The van der Waals surface area contributed by atoms with Crippen LogP contribution in [0.4, 0.5) is 0 Å². The van der Waals surface area contributed by atoms with Crippen molar-refractivity contribution >= 4 is 51.4 Å². The Bertz CT molecular complexity index is 834. The number of benzene rings is 1. The number of nitriles is 1. The fraction of sp³-hybridized carbons (Fsp3) is 0.467. The summed E-state index contributed by atoms with van der Waals surface area (Å²) in [6.07, 6.45) is 1.38. The number of hydrogen-bond donors (Lipinski definition) is 2. The van der Waals surface area contributed by atoms with E-state index in [0.29, 0.717) is 12.8 Å². The Labute approximate surface area is 162 Å². The summed E-state index contributed by atoms with van der Waals surface area (Å²) in [5.41, 5.74) is -0.772. The van der Waals surface area contributed by atoms with Gasteiger partial charge in [-0.25, -0.2) is 8.42 Å². The molecule has 25 heavy (non-hydrogen) atoms. The molecule has 0 bridgehead atoms. The molecule has 0 radical (unpaired) electrons. The van der Waals surface area contributed by atoms with Crippen molar-refractivity contribution in [1.29, 1.82) is 5.26 Å². The second-order valence-corrected chi connectivity index (χ2v) is 9.08. The molecule has 1 heterocycles. The second kappa shape index (κ2) is 7.29. The van der Waals surface area contributed by atoms with E-state index < -0.39 is 26.7 Å². The molecule has 1 aromatic rings. The van der Waals surface area contributed by atoms with Gasteiger partial charge in [-0.2, -0.15) is 5.26 Å². The van der Waals surface area contributed by atoms with Crippen LogP contribution in [0.15, 0.2) is 23.1 Å². The van der Waals surface area contributed by atoms with E-state index >= 15 is 0 Å². The molecule has 1 amide bonds. The zero-order valence-corrected chi connectivity index (χ0v) is 16.1. The third-order valence-corrected chi connectivity index (χ3v) is 7.52. The van der Waals surface area contributed by atoms with Gasteiger partial charge in [0.2, 0.25) is 5.91 Å². The number of hydrogen-bond acceptors (Lipinski definition) is 5. The number of nitrogens with zero attached hydrogens (tertiary/aromatic N) is 1. The maximum absolute atomic E-state index is 12.8. The summed E-state index contributed by atoms with van der Waals surface area (Å²) < 4.78 is 25.5. The van der Waals surface area contributed by atoms with Crippen molar-refractivity contribution in [2.75, 3.05) is 6.54 Å². The first-order valence-corrected chi connectivity index (χ1v) is 9.74. The van der Waals surface area contributed by atoms with Gasteiger partial charge < -0.3 is 10.6 Å². The van der Waals surface area contributed by atoms with Gasteiger partial charge in [0, 0.05) is 6.54 Å². The molecule has 0 unspecified atom stereocenters. The van der Waals surface area contributed by atoms with Crippen LogP contribution >= 0.6 is 35.6 Å². The highest BCUT2D eigenvalue weighted by molar-refractivity contribution is 7.92. The van der Waals surface area contributed by atoms with Gasteiger partial charge in [0.25, 0.3) is 0 Å². The fourth-order valence-corrected chi connectivity index (χ4v) is 5.16. The SMILES string of the molecule is Cl.N#CC1(NC(=O)[C@@H]2C[C@@H](S(=O)(=O)c3cccc(Cl)c3Cl)CN2)CC1. The summed E-state index contributed by atoms with van der Waals surface area (Å²) in [5.74, 6) is -0.344. The smallest absolute Gasteiger partial charge is 0.238 e. The predicted octanol–water partition coefficient (Wildman–Crippen LogP) is 2.09. The van der Waals surface area contributed by atoms with E-state index in [1.54, 1.807) is 0 Å². The van der Waals surface area contributed by atoms with Gasteiger partial charge in [-0.3, -0.25) is 4.79 Å². The van der Waals surface area contributed by atoms with Gasteiger partial charge in [-0.1, -0.05) is 29.3 Å². The summed E-state index contributed by atoms with van der Waals surface area (Å²) in [5, 5.41) is 14.0. The van der Waals surface area contributed by atoms with Gasteiger partial charge in [-0.15, -0.1) is 12.4 Å². The molecule has 1 saturated carbocycles. The van der Waals surface area contributed by atoms with E-state index in [-0.39, 0.29) is 46.2 Å². The summed E-state index contributed by atoms with van der Waals surface area (Å²) in [6, 6.07) is 5.88. The molecule has 2 atom stereocenters. The van der Waals surface area contributed by atoms with Crippen molar-refractivity contribution in [2.45, 2.75) is 41.0 Å². The van der Waals surface area contributed by atoms with Crippen molar-refractivity contribution in [2.24, 2.45) is 0 Å². The second-order valence-electron chi connectivity index (χ2n) is 6.10. The molecule has 3 rings (SSSR count). The first-order chi connectivity index (χ1) is 11.3. The van der Waals surface area contributed by atoms with Gasteiger partial charge in [-0.05, 0) is 31.4 Å². The average molecular weight is 425 g/mol. The van der Waals surface area contributed by atoms with Crippen molar-refractivity contribution in [1.82, 2.24) is 10.6 Å². The number of carbonyl (C=O) groups excluding carboxylic acids is 1. The van der Waals surface area contributed by atoms with Gasteiger partial charge in [0.05, 0.1) is 32.3 Å². The minimum atomic E-state index is -3.72. The van der Waals surface area contributed by atoms with Crippen LogP contribution in [0, 0.1) is 11.3 Å². The Morgan fingerprint density at radius 1 is 1.36 bits per heavy atom. The van der Waals surface area contributed by atoms with Crippen LogP contribution < -0.4 is 10.6 Å². The maximum Gasteiger partial charge on any atom is 0.238 e. The van der Waals surface area contributed by atoms with Crippen LogP contribution in [0.5, 0.6) is 0 Å². The number of halogens is 3. The monoisotopic (exact) mass is 423 g/mol. The molecule has 136 valence electrons. The van der Waals surface area contributed by atoms with E-state index in [4.69, 9.17) is 28.5 Å². The van der Waals surface area contributed by atoms with Crippen LogP contribution in [0.25, 0.3) is 0 Å². The topological polar surface area (TPSA) is 99.1 Å². The average Bonchev–Trinajstić information content (AvgIpc) is 3.12. The number of carbonyl (C=O) groups is 1. The van der Waals surface area contributed by atoms with E-state index in [1.807, 2.05) is 0 Å². The zero-order valence-electron chi connectivity index (χ0n) is 13.0. The number of nitrogens with one attached hydrogen (secondary N) is 2. The fourth-order valence-electron chi connectivity index (χ4n) is 2.74. The van der Waals surface area contributed by atoms with Crippen molar-refractivity contribution in [3.05, 3.63) is 28.2 Å². The Hall–Kier alpha value is -1.04. The highest BCUT2D eigenvalue weighted by Gasteiger charge is 2.47. The summed E-state index contributed by atoms with van der Waals surface area (Å²) in [4.78, 5) is 12.2. The molecule has 2 fully saturated rings. The van der Waals surface area contributed by atoms with E-state index in [0.717, 1.165) is 0 Å². The first kappa shape index (κ1) is 20.3. The third kappa shape index (κ3) is 3.88. The van der Waals surface area contributed by atoms with E-state index in [1.165, 1.54) is 18.2 Å².